The Kier molecular flexibility index (Phi) is 3.61. The lowest BCUT2D eigenvalue weighted by Crippen LogP contribution is -2.49. The molecule has 0 spiro atoms. The summed E-state index contributed by atoms with van der Waals surface area (Å²) >= 11 is 0. The predicted molar refractivity (Wildman–Crippen MR) is 80.0 cm³/mol. The van der Waals surface area contributed by atoms with Crippen LogP contribution in [0.25, 0.3) is 0 Å². The Morgan fingerprint density at radius 3 is 2.63 bits per heavy atom. The topological polar surface area (TPSA) is 41.3 Å². The molecule has 2 aliphatic carbocycles. The van der Waals surface area contributed by atoms with Crippen molar-refractivity contribution in [3.05, 3.63) is 35.5 Å². The molecule has 19 heavy (non-hydrogen) atoms. The van der Waals surface area contributed by atoms with Gasteiger partial charge in [0.05, 0.1) is 5.54 Å². The van der Waals surface area contributed by atoms with E-state index in [0.29, 0.717) is 0 Å². The molecule has 2 atom stereocenters. The third-order valence-corrected chi connectivity index (χ3v) is 4.57. The van der Waals surface area contributed by atoms with Crippen LogP contribution in [0.3, 0.4) is 0 Å². The normalized spacial score (nSPS) is 36.2. The van der Waals surface area contributed by atoms with E-state index in [4.69, 9.17) is 5.73 Å². The average molecular weight is 259 g/mol. The van der Waals surface area contributed by atoms with Gasteiger partial charge >= 0.3 is 0 Å². The Hall–Kier alpha value is -0.900. The Morgan fingerprint density at radius 2 is 1.89 bits per heavy atom. The van der Waals surface area contributed by atoms with Gasteiger partial charge in [-0.15, -0.1) is 0 Å². The first-order valence-electron chi connectivity index (χ1n) is 7.48. The summed E-state index contributed by atoms with van der Waals surface area (Å²) in [5, 5.41) is 3.44. The van der Waals surface area contributed by atoms with Gasteiger partial charge in [-0.05, 0) is 37.3 Å². The van der Waals surface area contributed by atoms with Crippen molar-refractivity contribution in [3.63, 3.8) is 0 Å². The molecule has 0 bridgehead atoms. The maximum Gasteiger partial charge on any atom is 0.0502 e. The van der Waals surface area contributed by atoms with E-state index in [1.54, 1.807) is 0 Å². The Bertz CT molecular complexity index is 425. The molecule has 3 rings (SSSR count). The quantitative estimate of drug-likeness (QED) is 0.751. The molecule has 0 amide bonds. The van der Waals surface area contributed by atoms with Crippen LogP contribution in [0.2, 0.25) is 0 Å². The van der Waals surface area contributed by atoms with Gasteiger partial charge in [0, 0.05) is 32.2 Å². The third kappa shape index (κ3) is 2.99. The fourth-order valence-corrected chi connectivity index (χ4v) is 3.31. The first-order chi connectivity index (χ1) is 9.14. The van der Waals surface area contributed by atoms with Crippen molar-refractivity contribution in [2.45, 2.75) is 37.8 Å². The highest BCUT2D eigenvalue weighted by Crippen LogP contribution is 2.32. The van der Waals surface area contributed by atoms with E-state index in [1.807, 2.05) is 0 Å². The number of piperazine rings is 1. The molecule has 3 N–H and O–H groups in total. The molecule has 104 valence electrons. The van der Waals surface area contributed by atoms with Crippen molar-refractivity contribution < 1.29 is 0 Å². The number of rotatable bonds is 1. The van der Waals surface area contributed by atoms with Crippen LogP contribution < -0.4 is 11.1 Å². The minimum atomic E-state index is -0.290. The summed E-state index contributed by atoms with van der Waals surface area (Å²) < 4.78 is 0. The van der Waals surface area contributed by atoms with Crippen molar-refractivity contribution in [2.24, 2.45) is 5.73 Å². The number of hydrogen-bond acceptors (Lipinski definition) is 3. The van der Waals surface area contributed by atoms with Crippen molar-refractivity contribution in [3.8, 4) is 0 Å². The standard InChI is InChI=1S/C16H25N3/c1-16(17)6-4-13-2-3-15(12-14(13)5-7-16)19-10-8-18-9-11-19/h4-7,15,18H,2-3,8-12,17H2,1H3. The molecule has 0 aromatic rings. The van der Waals surface area contributed by atoms with Crippen LogP contribution in [0.4, 0.5) is 0 Å². The zero-order valence-corrected chi connectivity index (χ0v) is 11.9. The van der Waals surface area contributed by atoms with Gasteiger partial charge in [-0.25, -0.2) is 0 Å². The van der Waals surface area contributed by atoms with Gasteiger partial charge in [-0.1, -0.05) is 24.3 Å². The Balaban J connectivity index is 1.73. The van der Waals surface area contributed by atoms with Crippen LogP contribution in [0.1, 0.15) is 26.2 Å². The monoisotopic (exact) mass is 259 g/mol. The molecule has 3 aliphatic rings. The van der Waals surface area contributed by atoms with Crippen molar-refractivity contribution in [1.82, 2.24) is 10.2 Å². The minimum absolute atomic E-state index is 0.290. The molecule has 0 aromatic heterocycles. The number of nitrogens with zero attached hydrogens (tertiary/aromatic N) is 1. The number of nitrogens with one attached hydrogen (secondary N) is 1. The van der Waals surface area contributed by atoms with E-state index in [9.17, 15) is 0 Å². The van der Waals surface area contributed by atoms with Crippen molar-refractivity contribution in [1.29, 1.82) is 0 Å². The lowest BCUT2D eigenvalue weighted by Gasteiger charge is -2.37. The molecule has 3 nitrogen and oxygen atoms in total. The van der Waals surface area contributed by atoms with Crippen LogP contribution in [-0.4, -0.2) is 42.7 Å². The second-order valence-corrected chi connectivity index (χ2v) is 6.27. The smallest absolute Gasteiger partial charge is 0.0502 e. The highest BCUT2D eigenvalue weighted by atomic mass is 15.2. The molecule has 1 fully saturated rings. The SMILES string of the molecule is CC1(N)C=CC2=C(C=C1)CC(N1CCNCC1)CC2. The minimum Gasteiger partial charge on any atom is -0.319 e. The molecular formula is C16H25N3. The summed E-state index contributed by atoms with van der Waals surface area (Å²) in [6.45, 7) is 6.73. The second kappa shape index (κ2) is 5.23. The Labute approximate surface area is 116 Å². The predicted octanol–water partition coefficient (Wildman–Crippen LogP) is 1.58. The van der Waals surface area contributed by atoms with E-state index in [2.05, 4.69) is 41.4 Å². The number of nitrogens with two attached hydrogens (primary N) is 1. The van der Waals surface area contributed by atoms with Crippen LogP contribution in [0.15, 0.2) is 35.5 Å². The number of allylic oxidation sites excluding steroid dienone is 3. The summed E-state index contributed by atoms with van der Waals surface area (Å²) in [5.41, 5.74) is 8.90. The molecule has 1 heterocycles. The van der Waals surface area contributed by atoms with Crippen LogP contribution in [-0.2, 0) is 0 Å². The van der Waals surface area contributed by atoms with E-state index in [1.165, 1.54) is 43.5 Å². The summed E-state index contributed by atoms with van der Waals surface area (Å²) in [5.74, 6) is 0. The molecule has 3 heteroatoms. The third-order valence-electron chi connectivity index (χ3n) is 4.57. The Morgan fingerprint density at radius 1 is 1.21 bits per heavy atom. The van der Waals surface area contributed by atoms with Gasteiger partial charge in [-0.2, -0.15) is 0 Å². The van der Waals surface area contributed by atoms with Crippen LogP contribution >= 0.6 is 0 Å². The average Bonchev–Trinajstić information content (AvgIpc) is 2.59. The second-order valence-electron chi connectivity index (χ2n) is 6.27. The molecular weight excluding hydrogens is 234 g/mol. The summed E-state index contributed by atoms with van der Waals surface area (Å²) in [7, 11) is 0. The molecule has 0 saturated carbocycles. The van der Waals surface area contributed by atoms with E-state index in [-0.39, 0.29) is 5.54 Å². The fourth-order valence-electron chi connectivity index (χ4n) is 3.31. The highest BCUT2D eigenvalue weighted by Gasteiger charge is 2.26. The van der Waals surface area contributed by atoms with Gasteiger partial charge in [-0.3, -0.25) is 4.90 Å². The van der Waals surface area contributed by atoms with E-state index in [0.717, 1.165) is 19.1 Å². The van der Waals surface area contributed by atoms with Crippen molar-refractivity contribution in [2.75, 3.05) is 26.2 Å². The zero-order chi connectivity index (χ0) is 13.3. The largest absolute Gasteiger partial charge is 0.319 e. The lowest BCUT2D eigenvalue weighted by molar-refractivity contribution is 0.160. The van der Waals surface area contributed by atoms with Crippen LogP contribution in [0.5, 0.6) is 0 Å². The van der Waals surface area contributed by atoms with Gasteiger partial charge in [0.2, 0.25) is 0 Å². The molecule has 1 saturated heterocycles. The summed E-state index contributed by atoms with van der Waals surface area (Å²) in [6.07, 6.45) is 12.5. The van der Waals surface area contributed by atoms with Crippen LogP contribution in [0, 0.1) is 0 Å². The maximum absolute atomic E-state index is 6.19. The highest BCUT2D eigenvalue weighted by molar-refractivity contribution is 5.42. The molecule has 1 aliphatic heterocycles. The van der Waals surface area contributed by atoms with E-state index < -0.39 is 0 Å². The van der Waals surface area contributed by atoms with Gasteiger partial charge in [0.25, 0.3) is 0 Å². The molecule has 0 aromatic carbocycles. The van der Waals surface area contributed by atoms with Gasteiger partial charge < -0.3 is 11.1 Å². The molecule has 0 radical (unpaired) electrons. The van der Waals surface area contributed by atoms with Gasteiger partial charge in [0.1, 0.15) is 0 Å². The van der Waals surface area contributed by atoms with E-state index >= 15 is 0 Å². The first-order valence-corrected chi connectivity index (χ1v) is 7.48. The molecule has 2 unspecified atom stereocenters. The first kappa shape index (κ1) is 13.1. The fraction of sp³-hybridized carbons (Fsp3) is 0.625. The lowest BCUT2D eigenvalue weighted by atomic mass is 9.87. The van der Waals surface area contributed by atoms with Crippen molar-refractivity contribution >= 4 is 0 Å². The number of hydrogen-bond donors (Lipinski definition) is 2. The zero-order valence-electron chi connectivity index (χ0n) is 11.9. The van der Waals surface area contributed by atoms with Gasteiger partial charge in [0.15, 0.2) is 0 Å². The maximum atomic E-state index is 6.19. The summed E-state index contributed by atoms with van der Waals surface area (Å²) in [4.78, 5) is 2.66. The summed E-state index contributed by atoms with van der Waals surface area (Å²) in [6, 6.07) is 0.723.